The minimum Gasteiger partial charge on any atom is -0.492 e. The normalized spacial score (nSPS) is 10.8. The van der Waals surface area contributed by atoms with Crippen molar-refractivity contribution >= 4 is 27.8 Å². The molecule has 7 heteroatoms. The van der Waals surface area contributed by atoms with Crippen LogP contribution >= 0.6 is 15.9 Å². The monoisotopic (exact) mass is 407 g/mol. The molecule has 1 aromatic carbocycles. The number of hydrogen-bond acceptors (Lipinski definition) is 6. The molecule has 134 valence electrons. The van der Waals surface area contributed by atoms with Gasteiger partial charge in [0.15, 0.2) is 0 Å². The minimum atomic E-state index is -0.466. The summed E-state index contributed by atoms with van der Waals surface area (Å²) in [6, 6.07) is 5.52. The largest absolute Gasteiger partial charge is 0.492 e. The highest BCUT2D eigenvalue weighted by atomic mass is 79.9. The van der Waals surface area contributed by atoms with Gasteiger partial charge in [0.05, 0.1) is 29.1 Å². The van der Waals surface area contributed by atoms with Gasteiger partial charge in [-0.05, 0) is 53.9 Å². The number of esters is 1. The number of nitrogens with two attached hydrogens (primary N) is 1. The molecule has 0 bridgehead atoms. The molecule has 0 aliphatic rings. The van der Waals surface area contributed by atoms with Gasteiger partial charge >= 0.3 is 5.97 Å². The van der Waals surface area contributed by atoms with Crippen molar-refractivity contribution in [3.05, 3.63) is 33.9 Å². The van der Waals surface area contributed by atoms with Crippen molar-refractivity contribution in [2.24, 2.45) is 5.92 Å². The molecule has 0 fully saturated rings. The fourth-order valence-corrected chi connectivity index (χ4v) is 2.77. The summed E-state index contributed by atoms with van der Waals surface area (Å²) >= 11 is 3.51. The molecule has 0 spiro atoms. The summed E-state index contributed by atoms with van der Waals surface area (Å²) in [5.41, 5.74) is 7.75. The van der Waals surface area contributed by atoms with Crippen LogP contribution in [0.25, 0.3) is 11.3 Å². The van der Waals surface area contributed by atoms with Gasteiger partial charge in [-0.15, -0.1) is 0 Å². The molecule has 0 saturated heterocycles. The van der Waals surface area contributed by atoms with Gasteiger partial charge in [-0.25, -0.2) is 14.8 Å². The maximum absolute atomic E-state index is 12.3. The van der Waals surface area contributed by atoms with E-state index in [0.29, 0.717) is 29.5 Å². The third-order valence-corrected chi connectivity index (χ3v) is 3.98. The van der Waals surface area contributed by atoms with Crippen LogP contribution in [0.3, 0.4) is 0 Å². The van der Waals surface area contributed by atoms with Gasteiger partial charge in [0.25, 0.3) is 0 Å². The Morgan fingerprint density at radius 2 is 2.04 bits per heavy atom. The minimum absolute atomic E-state index is 0.108. The van der Waals surface area contributed by atoms with E-state index in [1.165, 1.54) is 0 Å². The smallest absolute Gasteiger partial charge is 0.342 e. The molecule has 25 heavy (non-hydrogen) atoms. The topological polar surface area (TPSA) is 87.3 Å². The number of rotatable bonds is 6. The maximum atomic E-state index is 12.3. The van der Waals surface area contributed by atoms with Crippen LogP contribution in [0.5, 0.6) is 5.75 Å². The number of ether oxygens (including phenoxy) is 2. The maximum Gasteiger partial charge on any atom is 0.342 e. The lowest BCUT2D eigenvalue weighted by Crippen LogP contribution is -2.13. The predicted molar refractivity (Wildman–Crippen MR) is 101 cm³/mol. The third kappa shape index (κ3) is 4.69. The molecule has 1 heterocycles. The Hall–Kier alpha value is -2.15. The second-order valence-electron chi connectivity index (χ2n) is 5.96. The predicted octanol–water partition coefficient (Wildman–Crippen LogP) is 4.01. The van der Waals surface area contributed by atoms with Gasteiger partial charge < -0.3 is 15.2 Å². The Labute approximate surface area is 155 Å². The summed E-state index contributed by atoms with van der Waals surface area (Å²) in [6.45, 7) is 8.52. The first-order valence-corrected chi connectivity index (χ1v) is 8.86. The molecule has 0 aliphatic heterocycles. The first kappa shape index (κ1) is 19.2. The first-order valence-electron chi connectivity index (χ1n) is 8.07. The van der Waals surface area contributed by atoms with Crippen LogP contribution in [0.15, 0.2) is 22.7 Å². The summed E-state index contributed by atoms with van der Waals surface area (Å²) in [5, 5.41) is 0. The van der Waals surface area contributed by atoms with E-state index in [9.17, 15) is 4.79 Å². The van der Waals surface area contributed by atoms with Gasteiger partial charge in [-0.3, -0.25) is 0 Å². The average molecular weight is 408 g/mol. The molecule has 6 nitrogen and oxygen atoms in total. The molecule has 2 aromatic rings. The van der Waals surface area contributed by atoms with Gasteiger partial charge in [0.2, 0.25) is 5.95 Å². The van der Waals surface area contributed by atoms with Crippen molar-refractivity contribution in [3.8, 4) is 17.0 Å². The molecule has 0 saturated carbocycles. The third-order valence-electron chi connectivity index (χ3n) is 3.36. The number of nitrogen functional groups attached to an aromatic ring is 1. The molecule has 2 N–H and O–H groups in total. The zero-order valence-electron chi connectivity index (χ0n) is 14.8. The first-order chi connectivity index (χ1) is 11.8. The lowest BCUT2D eigenvalue weighted by molar-refractivity contribution is 0.0525. The molecule has 0 unspecified atom stereocenters. The van der Waals surface area contributed by atoms with E-state index in [2.05, 4.69) is 39.7 Å². The van der Waals surface area contributed by atoms with E-state index in [1.807, 2.05) is 18.2 Å². The van der Waals surface area contributed by atoms with Gasteiger partial charge in [0, 0.05) is 5.56 Å². The summed E-state index contributed by atoms with van der Waals surface area (Å²) in [4.78, 5) is 20.7. The van der Waals surface area contributed by atoms with Crippen molar-refractivity contribution in [2.75, 3.05) is 18.9 Å². The molecule has 0 radical (unpaired) electrons. The number of nitrogens with zero attached hydrogens (tertiary/aromatic N) is 2. The van der Waals surface area contributed by atoms with E-state index in [-0.39, 0.29) is 12.6 Å². The van der Waals surface area contributed by atoms with Crippen molar-refractivity contribution < 1.29 is 14.3 Å². The van der Waals surface area contributed by atoms with Crippen LogP contribution in [0.2, 0.25) is 0 Å². The lowest BCUT2D eigenvalue weighted by atomic mass is 10.0. The van der Waals surface area contributed by atoms with Crippen molar-refractivity contribution in [2.45, 2.75) is 27.7 Å². The zero-order chi connectivity index (χ0) is 18.6. The number of carbonyl (C=O) groups excluding carboxylic acids is 1. The lowest BCUT2D eigenvalue weighted by Gasteiger charge is -2.14. The molecule has 1 aromatic heterocycles. The Morgan fingerprint density at radius 1 is 1.32 bits per heavy atom. The highest BCUT2D eigenvalue weighted by Gasteiger charge is 2.21. The average Bonchev–Trinajstić information content (AvgIpc) is 2.52. The Morgan fingerprint density at radius 3 is 2.64 bits per heavy atom. The summed E-state index contributed by atoms with van der Waals surface area (Å²) in [5.74, 6) is 0.795. The SMILES string of the molecule is CCOC(=O)c1c(C)nc(N)nc1-c1ccc(OCC(C)C)c(Br)c1. The van der Waals surface area contributed by atoms with Crippen LogP contribution in [-0.2, 0) is 4.74 Å². The number of hydrogen-bond donors (Lipinski definition) is 1. The molecular weight excluding hydrogens is 386 g/mol. The Bertz CT molecular complexity index is 778. The van der Waals surface area contributed by atoms with Gasteiger partial charge in [-0.1, -0.05) is 13.8 Å². The number of aromatic nitrogens is 2. The number of halogens is 1. The zero-order valence-corrected chi connectivity index (χ0v) is 16.4. The number of anilines is 1. The van der Waals surface area contributed by atoms with Gasteiger partial charge in [-0.2, -0.15) is 0 Å². The molecule has 0 amide bonds. The summed E-state index contributed by atoms with van der Waals surface area (Å²) in [6.07, 6.45) is 0. The van der Waals surface area contributed by atoms with E-state index >= 15 is 0 Å². The second kappa shape index (κ2) is 8.29. The van der Waals surface area contributed by atoms with E-state index in [0.717, 1.165) is 15.8 Å². The van der Waals surface area contributed by atoms with Crippen molar-refractivity contribution in [1.82, 2.24) is 9.97 Å². The van der Waals surface area contributed by atoms with Gasteiger partial charge in [0.1, 0.15) is 11.3 Å². The highest BCUT2D eigenvalue weighted by molar-refractivity contribution is 9.10. The fourth-order valence-electron chi connectivity index (χ4n) is 2.27. The fraction of sp³-hybridized carbons (Fsp3) is 0.389. The molecular formula is C18H22BrN3O3. The molecule has 0 atom stereocenters. The quantitative estimate of drug-likeness (QED) is 0.727. The number of benzene rings is 1. The molecule has 2 rings (SSSR count). The Balaban J connectivity index is 2.47. The second-order valence-corrected chi connectivity index (χ2v) is 6.82. The Kier molecular flexibility index (Phi) is 6.36. The van der Waals surface area contributed by atoms with E-state index in [4.69, 9.17) is 15.2 Å². The van der Waals surface area contributed by atoms with Crippen molar-refractivity contribution in [3.63, 3.8) is 0 Å². The van der Waals surface area contributed by atoms with Crippen LogP contribution in [-0.4, -0.2) is 29.2 Å². The molecule has 0 aliphatic carbocycles. The van der Waals surface area contributed by atoms with E-state index in [1.54, 1.807) is 13.8 Å². The summed E-state index contributed by atoms with van der Waals surface area (Å²) in [7, 11) is 0. The van der Waals surface area contributed by atoms with Crippen LogP contribution in [0.4, 0.5) is 5.95 Å². The number of carbonyl (C=O) groups is 1. The summed E-state index contributed by atoms with van der Waals surface area (Å²) < 4.78 is 11.7. The van der Waals surface area contributed by atoms with Crippen LogP contribution in [0.1, 0.15) is 36.8 Å². The highest BCUT2D eigenvalue weighted by Crippen LogP contribution is 2.32. The number of aryl methyl sites for hydroxylation is 1. The van der Waals surface area contributed by atoms with Crippen LogP contribution in [0, 0.1) is 12.8 Å². The van der Waals surface area contributed by atoms with Crippen LogP contribution < -0.4 is 10.5 Å². The van der Waals surface area contributed by atoms with Crippen molar-refractivity contribution in [1.29, 1.82) is 0 Å². The standard InChI is InChI=1S/C18H22BrN3O3/c1-5-24-17(23)15-11(4)21-18(20)22-16(15)12-6-7-14(13(19)8-12)25-9-10(2)3/h6-8,10H,5,9H2,1-4H3,(H2,20,21,22). The van der Waals surface area contributed by atoms with E-state index < -0.39 is 5.97 Å².